The average Bonchev–Trinajstić information content (AvgIpc) is 2.53. The van der Waals surface area contributed by atoms with Gasteiger partial charge in [-0.1, -0.05) is 60.4 Å². The van der Waals surface area contributed by atoms with Crippen LogP contribution in [0.3, 0.4) is 0 Å². The first-order chi connectivity index (χ1) is 9.88. The van der Waals surface area contributed by atoms with E-state index in [9.17, 15) is 4.79 Å². The Morgan fingerprint density at radius 2 is 1.50 bits per heavy atom. The summed E-state index contributed by atoms with van der Waals surface area (Å²) in [6.07, 6.45) is 0.885. The molecule has 0 N–H and O–H groups in total. The second-order valence-electron chi connectivity index (χ2n) is 4.48. The molecule has 0 saturated heterocycles. The third kappa shape index (κ3) is 2.32. The molecule has 0 heterocycles. The summed E-state index contributed by atoms with van der Waals surface area (Å²) < 4.78 is 0. The predicted octanol–water partition coefficient (Wildman–Crippen LogP) is 4.05. The molecule has 0 aliphatic rings. The monoisotopic (exact) mass is 256 g/mol. The first-order valence-corrected chi connectivity index (χ1v) is 6.42. The largest absolute Gasteiger partial charge is 0.298 e. The molecule has 0 atom stereocenters. The van der Waals surface area contributed by atoms with E-state index < -0.39 is 0 Å². The Hall–Kier alpha value is -2.85. The highest BCUT2D eigenvalue weighted by Crippen LogP contribution is 2.21. The Bertz CT molecular complexity index is 815. The van der Waals surface area contributed by atoms with Crippen molar-refractivity contribution in [3.05, 3.63) is 83.4 Å². The molecule has 94 valence electrons. The Morgan fingerprint density at radius 1 is 0.750 bits per heavy atom. The van der Waals surface area contributed by atoms with Crippen LogP contribution in [0.25, 0.3) is 10.8 Å². The normalized spacial score (nSPS) is 9.80. The number of benzene rings is 3. The number of carbonyl (C=O) groups excluding carboxylic acids is 1. The van der Waals surface area contributed by atoms with Gasteiger partial charge in [0.15, 0.2) is 6.29 Å². The average molecular weight is 256 g/mol. The molecule has 0 saturated carbocycles. The van der Waals surface area contributed by atoms with Crippen LogP contribution in [0.5, 0.6) is 0 Å². The summed E-state index contributed by atoms with van der Waals surface area (Å²) in [5.41, 5.74) is 2.53. The standard InChI is InChI=1S/C19H12O/c20-14-18-11-5-9-16-8-4-10-17(19(16)18)13-12-15-6-2-1-3-7-15/h1-11,14H. The van der Waals surface area contributed by atoms with Crippen molar-refractivity contribution >= 4 is 17.1 Å². The minimum atomic E-state index is 0.681. The topological polar surface area (TPSA) is 17.1 Å². The van der Waals surface area contributed by atoms with Gasteiger partial charge in [-0.15, -0.1) is 0 Å². The van der Waals surface area contributed by atoms with E-state index in [1.165, 1.54) is 0 Å². The van der Waals surface area contributed by atoms with Crippen LogP contribution in [-0.4, -0.2) is 6.29 Å². The molecule has 0 fully saturated rings. The van der Waals surface area contributed by atoms with Crippen LogP contribution < -0.4 is 0 Å². The van der Waals surface area contributed by atoms with E-state index in [1.807, 2.05) is 66.7 Å². The molecule has 0 aliphatic carbocycles. The number of aldehydes is 1. The van der Waals surface area contributed by atoms with Crippen molar-refractivity contribution in [3.8, 4) is 11.8 Å². The maximum Gasteiger partial charge on any atom is 0.150 e. The number of hydrogen-bond acceptors (Lipinski definition) is 1. The van der Waals surface area contributed by atoms with Crippen LogP contribution in [0.15, 0.2) is 66.7 Å². The fraction of sp³-hybridized carbons (Fsp3) is 0. The fourth-order valence-electron chi connectivity index (χ4n) is 2.23. The highest BCUT2D eigenvalue weighted by atomic mass is 16.1. The van der Waals surface area contributed by atoms with E-state index in [0.29, 0.717) is 5.56 Å². The number of hydrogen-bond donors (Lipinski definition) is 0. The first-order valence-electron chi connectivity index (χ1n) is 6.42. The van der Waals surface area contributed by atoms with E-state index in [4.69, 9.17) is 0 Å². The van der Waals surface area contributed by atoms with E-state index >= 15 is 0 Å². The molecular weight excluding hydrogens is 244 g/mol. The van der Waals surface area contributed by atoms with Gasteiger partial charge < -0.3 is 0 Å². The van der Waals surface area contributed by atoms with Crippen molar-refractivity contribution in [2.24, 2.45) is 0 Å². The van der Waals surface area contributed by atoms with Gasteiger partial charge in [-0.05, 0) is 23.6 Å². The van der Waals surface area contributed by atoms with Crippen molar-refractivity contribution in [2.45, 2.75) is 0 Å². The molecule has 20 heavy (non-hydrogen) atoms. The zero-order valence-electron chi connectivity index (χ0n) is 10.8. The van der Waals surface area contributed by atoms with Crippen molar-refractivity contribution in [1.29, 1.82) is 0 Å². The lowest BCUT2D eigenvalue weighted by Gasteiger charge is -2.03. The van der Waals surface area contributed by atoms with Gasteiger partial charge in [0.1, 0.15) is 0 Å². The van der Waals surface area contributed by atoms with Gasteiger partial charge in [0, 0.05) is 22.1 Å². The van der Waals surface area contributed by atoms with Crippen molar-refractivity contribution in [2.75, 3.05) is 0 Å². The summed E-state index contributed by atoms with van der Waals surface area (Å²) in [4.78, 5) is 11.2. The molecular formula is C19H12O. The summed E-state index contributed by atoms with van der Waals surface area (Å²) in [5, 5.41) is 1.96. The summed E-state index contributed by atoms with van der Waals surface area (Å²) in [6.45, 7) is 0. The molecule has 0 aliphatic heterocycles. The molecule has 0 spiro atoms. The number of fused-ring (bicyclic) bond motifs is 1. The van der Waals surface area contributed by atoms with Gasteiger partial charge in [-0.3, -0.25) is 4.79 Å². The molecule has 0 amide bonds. The number of carbonyl (C=O) groups is 1. The molecule has 0 bridgehead atoms. The highest BCUT2D eigenvalue weighted by molar-refractivity contribution is 6.01. The summed E-state index contributed by atoms with van der Waals surface area (Å²) in [6, 6.07) is 21.5. The predicted molar refractivity (Wildman–Crippen MR) is 81.8 cm³/mol. The third-order valence-corrected chi connectivity index (χ3v) is 3.18. The van der Waals surface area contributed by atoms with Crippen LogP contribution in [0, 0.1) is 11.8 Å². The van der Waals surface area contributed by atoms with Gasteiger partial charge in [-0.25, -0.2) is 0 Å². The number of rotatable bonds is 1. The van der Waals surface area contributed by atoms with Crippen molar-refractivity contribution in [3.63, 3.8) is 0 Å². The maximum atomic E-state index is 11.2. The minimum Gasteiger partial charge on any atom is -0.298 e. The Kier molecular flexibility index (Phi) is 3.31. The lowest BCUT2D eigenvalue weighted by Crippen LogP contribution is -1.87. The van der Waals surface area contributed by atoms with E-state index in [2.05, 4.69) is 11.8 Å². The van der Waals surface area contributed by atoms with Crippen LogP contribution in [0.4, 0.5) is 0 Å². The lowest BCUT2D eigenvalue weighted by atomic mass is 10.00. The first kappa shape index (κ1) is 12.2. The summed E-state index contributed by atoms with van der Waals surface area (Å²) in [5.74, 6) is 6.31. The second-order valence-corrected chi connectivity index (χ2v) is 4.48. The second kappa shape index (κ2) is 5.42. The van der Waals surface area contributed by atoms with E-state index in [0.717, 1.165) is 28.2 Å². The van der Waals surface area contributed by atoms with Crippen LogP contribution in [-0.2, 0) is 0 Å². The van der Waals surface area contributed by atoms with Gasteiger partial charge in [0.05, 0.1) is 0 Å². The Morgan fingerprint density at radius 3 is 2.25 bits per heavy atom. The fourth-order valence-corrected chi connectivity index (χ4v) is 2.23. The summed E-state index contributed by atoms with van der Waals surface area (Å²) in [7, 11) is 0. The Labute approximate surface area is 117 Å². The zero-order chi connectivity index (χ0) is 13.8. The quantitative estimate of drug-likeness (QED) is 0.474. The minimum absolute atomic E-state index is 0.681. The van der Waals surface area contributed by atoms with Gasteiger partial charge >= 0.3 is 0 Å². The SMILES string of the molecule is O=Cc1cccc2cccc(C#Cc3ccccc3)c12. The molecule has 1 heteroatoms. The van der Waals surface area contributed by atoms with E-state index in [1.54, 1.807) is 0 Å². The smallest absolute Gasteiger partial charge is 0.150 e. The lowest BCUT2D eigenvalue weighted by molar-refractivity contribution is 0.112. The molecule has 3 aromatic carbocycles. The molecule has 0 aromatic heterocycles. The molecule has 3 aromatic rings. The third-order valence-electron chi connectivity index (χ3n) is 3.18. The summed E-state index contributed by atoms with van der Waals surface area (Å²) >= 11 is 0. The van der Waals surface area contributed by atoms with Crippen LogP contribution >= 0.6 is 0 Å². The van der Waals surface area contributed by atoms with E-state index in [-0.39, 0.29) is 0 Å². The van der Waals surface area contributed by atoms with Crippen molar-refractivity contribution in [1.82, 2.24) is 0 Å². The molecule has 0 unspecified atom stereocenters. The van der Waals surface area contributed by atoms with Gasteiger partial charge in [0.2, 0.25) is 0 Å². The maximum absolute atomic E-state index is 11.2. The molecule has 3 rings (SSSR count). The van der Waals surface area contributed by atoms with Gasteiger partial charge in [-0.2, -0.15) is 0 Å². The van der Waals surface area contributed by atoms with Crippen LogP contribution in [0.2, 0.25) is 0 Å². The molecule has 1 nitrogen and oxygen atoms in total. The van der Waals surface area contributed by atoms with Crippen molar-refractivity contribution < 1.29 is 4.79 Å². The van der Waals surface area contributed by atoms with Gasteiger partial charge in [0.25, 0.3) is 0 Å². The zero-order valence-corrected chi connectivity index (χ0v) is 10.8. The molecule has 0 radical (unpaired) electrons. The van der Waals surface area contributed by atoms with Crippen LogP contribution in [0.1, 0.15) is 21.5 Å². The Balaban J connectivity index is 2.18. The highest BCUT2D eigenvalue weighted by Gasteiger charge is 2.03.